The fourth-order valence-electron chi connectivity index (χ4n) is 2.12. The van der Waals surface area contributed by atoms with Gasteiger partial charge in [-0.3, -0.25) is 0 Å². The minimum absolute atomic E-state index is 0.500. The summed E-state index contributed by atoms with van der Waals surface area (Å²) in [5, 5.41) is 4.05. The largest absolute Gasteiger partial charge is 0.334 e. The maximum absolute atomic E-state index is 6.29. The minimum Gasteiger partial charge on any atom is -0.334 e. The molecule has 4 heteroatoms. The maximum Gasteiger partial charge on any atom is 0.257 e. The molecule has 1 aromatic carbocycles. The van der Waals surface area contributed by atoms with Gasteiger partial charge in [0.05, 0.1) is 5.54 Å². The zero-order chi connectivity index (χ0) is 14.8. The second-order valence-electron chi connectivity index (χ2n) is 5.56. The third-order valence-electron chi connectivity index (χ3n) is 3.96. The summed E-state index contributed by atoms with van der Waals surface area (Å²) in [5.74, 6) is 1.64. The summed E-state index contributed by atoms with van der Waals surface area (Å²) in [7, 11) is 0. The average molecular weight is 273 g/mol. The first-order chi connectivity index (χ1) is 9.50. The molecule has 108 valence electrons. The van der Waals surface area contributed by atoms with Crippen LogP contribution < -0.4 is 5.73 Å². The number of nitrogens with zero attached hydrogens (tertiary/aromatic N) is 2. The quantitative estimate of drug-likeness (QED) is 0.899. The molecule has 0 saturated carbocycles. The molecule has 1 aromatic heterocycles. The summed E-state index contributed by atoms with van der Waals surface area (Å²) in [6.07, 6.45) is 1.57. The SMILES string of the molecule is CCC(N)(CC)c1noc(-c2ccc(C(C)C)cc2)n1. The van der Waals surface area contributed by atoms with Gasteiger partial charge in [-0.15, -0.1) is 0 Å². The van der Waals surface area contributed by atoms with E-state index < -0.39 is 5.54 Å². The van der Waals surface area contributed by atoms with Crippen molar-refractivity contribution < 1.29 is 4.52 Å². The van der Waals surface area contributed by atoms with E-state index in [1.165, 1.54) is 5.56 Å². The average Bonchev–Trinajstić information content (AvgIpc) is 2.97. The van der Waals surface area contributed by atoms with Crippen molar-refractivity contribution in [2.75, 3.05) is 0 Å². The van der Waals surface area contributed by atoms with Crippen molar-refractivity contribution >= 4 is 0 Å². The Morgan fingerprint density at radius 2 is 1.75 bits per heavy atom. The highest BCUT2D eigenvalue weighted by Gasteiger charge is 2.29. The molecule has 0 radical (unpaired) electrons. The Hall–Kier alpha value is -1.68. The monoisotopic (exact) mass is 273 g/mol. The predicted octanol–water partition coefficient (Wildman–Crippen LogP) is 3.83. The molecule has 4 nitrogen and oxygen atoms in total. The molecule has 0 amide bonds. The van der Waals surface area contributed by atoms with E-state index in [1.807, 2.05) is 26.0 Å². The Bertz CT molecular complexity index is 553. The Morgan fingerprint density at radius 3 is 2.25 bits per heavy atom. The summed E-state index contributed by atoms with van der Waals surface area (Å²) in [5.41, 5.74) is 8.02. The molecule has 0 bridgehead atoms. The summed E-state index contributed by atoms with van der Waals surface area (Å²) >= 11 is 0. The Balaban J connectivity index is 2.29. The van der Waals surface area contributed by atoms with Gasteiger partial charge in [-0.25, -0.2) is 0 Å². The van der Waals surface area contributed by atoms with Crippen molar-refractivity contribution in [1.29, 1.82) is 0 Å². The lowest BCUT2D eigenvalue weighted by Crippen LogP contribution is -2.36. The van der Waals surface area contributed by atoms with Crippen LogP contribution in [0.5, 0.6) is 0 Å². The van der Waals surface area contributed by atoms with Crippen molar-refractivity contribution in [2.24, 2.45) is 5.73 Å². The summed E-state index contributed by atoms with van der Waals surface area (Å²) in [4.78, 5) is 4.47. The van der Waals surface area contributed by atoms with Crippen LogP contribution in [0, 0.1) is 0 Å². The molecule has 20 heavy (non-hydrogen) atoms. The van der Waals surface area contributed by atoms with Crippen LogP contribution in [-0.2, 0) is 5.54 Å². The van der Waals surface area contributed by atoms with E-state index in [2.05, 4.69) is 36.1 Å². The van der Waals surface area contributed by atoms with Crippen molar-refractivity contribution in [3.63, 3.8) is 0 Å². The van der Waals surface area contributed by atoms with E-state index in [4.69, 9.17) is 10.3 Å². The highest BCUT2D eigenvalue weighted by molar-refractivity contribution is 5.53. The molecule has 0 unspecified atom stereocenters. The predicted molar refractivity (Wildman–Crippen MR) is 80.3 cm³/mol. The Morgan fingerprint density at radius 1 is 1.15 bits per heavy atom. The van der Waals surface area contributed by atoms with Crippen LogP contribution in [0.1, 0.15) is 57.8 Å². The van der Waals surface area contributed by atoms with Crippen molar-refractivity contribution in [3.05, 3.63) is 35.7 Å². The van der Waals surface area contributed by atoms with Gasteiger partial charge >= 0.3 is 0 Å². The fourth-order valence-corrected chi connectivity index (χ4v) is 2.12. The Labute approximate surface area is 120 Å². The van der Waals surface area contributed by atoms with Gasteiger partial charge in [-0.2, -0.15) is 4.98 Å². The van der Waals surface area contributed by atoms with Gasteiger partial charge in [0.1, 0.15) is 0 Å². The van der Waals surface area contributed by atoms with Gasteiger partial charge < -0.3 is 10.3 Å². The third kappa shape index (κ3) is 2.75. The van der Waals surface area contributed by atoms with Gasteiger partial charge in [-0.1, -0.05) is 45.0 Å². The number of aromatic nitrogens is 2. The van der Waals surface area contributed by atoms with Crippen LogP contribution in [-0.4, -0.2) is 10.1 Å². The topological polar surface area (TPSA) is 64.9 Å². The van der Waals surface area contributed by atoms with Gasteiger partial charge in [0.25, 0.3) is 5.89 Å². The van der Waals surface area contributed by atoms with Crippen LogP contribution in [0.15, 0.2) is 28.8 Å². The molecule has 0 spiro atoms. The summed E-state index contributed by atoms with van der Waals surface area (Å²) in [6.45, 7) is 8.42. The van der Waals surface area contributed by atoms with Gasteiger partial charge in [0.2, 0.25) is 0 Å². The lowest BCUT2D eigenvalue weighted by molar-refractivity contribution is 0.350. The van der Waals surface area contributed by atoms with Gasteiger partial charge in [-0.05, 0) is 36.5 Å². The number of hydrogen-bond donors (Lipinski definition) is 1. The molecule has 0 fully saturated rings. The van der Waals surface area contributed by atoms with Gasteiger partial charge in [0.15, 0.2) is 5.82 Å². The smallest absolute Gasteiger partial charge is 0.257 e. The number of hydrogen-bond acceptors (Lipinski definition) is 4. The van der Waals surface area contributed by atoms with Crippen molar-refractivity contribution in [1.82, 2.24) is 10.1 Å². The van der Waals surface area contributed by atoms with Crippen LogP contribution in [0.3, 0.4) is 0 Å². The van der Waals surface area contributed by atoms with Gasteiger partial charge in [0, 0.05) is 5.56 Å². The Kier molecular flexibility index (Phi) is 4.23. The first kappa shape index (κ1) is 14.7. The van der Waals surface area contributed by atoms with Crippen LogP contribution >= 0.6 is 0 Å². The molecule has 0 aliphatic heterocycles. The van der Waals surface area contributed by atoms with E-state index in [-0.39, 0.29) is 0 Å². The summed E-state index contributed by atoms with van der Waals surface area (Å²) < 4.78 is 5.36. The highest BCUT2D eigenvalue weighted by Crippen LogP contribution is 2.26. The zero-order valence-corrected chi connectivity index (χ0v) is 12.7. The molecule has 0 aliphatic carbocycles. The molecule has 2 N–H and O–H groups in total. The van der Waals surface area contributed by atoms with E-state index in [0.717, 1.165) is 18.4 Å². The lowest BCUT2D eigenvalue weighted by Gasteiger charge is -2.21. The first-order valence-electron chi connectivity index (χ1n) is 7.23. The molecule has 0 aliphatic rings. The maximum atomic E-state index is 6.29. The van der Waals surface area contributed by atoms with Crippen LogP contribution in [0.4, 0.5) is 0 Å². The molecule has 1 heterocycles. The van der Waals surface area contributed by atoms with E-state index >= 15 is 0 Å². The normalized spacial score (nSPS) is 12.1. The summed E-state index contributed by atoms with van der Waals surface area (Å²) in [6, 6.07) is 8.23. The van der Waals surface area contributed by atoms with E-state index in [1.54, 1.807) is 0 Å². The van der Waals surface area contributed by atoms with Crippen LogP contribution in [0.25, 0.3) is 11.5 Å². The standard InChI is InChI=1S/C16H23N3O/c1-5-16(17,6-2)15-18-14(20-19-15)13-9-7-12(8-10-13)11(3)4/h7-11H,5-6,17H2,1-4H3. The highest BCUT2D eigenvalue weighted by atomic mass is 16.5. The first-order valence-corrected chi connectivity index (χ1v) is 7.23. The number of benzene rings is 1. The number of rotatable bonds is 5. The fraction of sp³-hybridized carbons (Fsp3) is 0.500. The molecular formula is C16H23N3O. The second kappa shape index (κ2) is 5.75. The third-order valence-corrected chi connectivity index (χ3v) is 3.96. The lowest BCUT2D eigenvalue weighted by atomic mass is 9.93. The molecule has 0 atom stereocenters. The van der Waals surface area contributed by atoms with Crippen LogP contribution in [0.2, 0.25) is 0 Å². The molecular weight excluding hydrogens is 250 g/mol. The minimum atomic E-state index is -0.500. The zero-order valence-electron chi connectivity index (χ0n) is 12.7. The van der Waals surface area contributed by atoms with Crippen molar-refractivity contribution in [2.45, 2.75) is 52.0 Å². The number of nitrogens with two attached hydrogens (primary N) is 1. The second-order valence-corrected chi connectivity index (χ2v) is 5.56. The van der Waals surface area contributed by atoms with E-state index in [9.17, 15) is 0 Å². The molecule has 2 aromatic rings. The molecule has 2 rings (SSSR count). The van der Waals surface area contributed by atoms with E-state index in [0.29, 0.717) is 17.6 Å². The van der Waals surface area contributed by atoms with Crippen molar-refractivity contribution in [3.8, 4) is 11.5 Å². The molecule has 0 saturated heterocycles.